The van der Waals surface area contributed by atoms with Gasteiger partial charge in [0.15, 0.2) is 11.5 Å². The molecule has 2 aromatic heterocycles. The average Bonchev–Trinajstić information content (AvgIpc) is 2.99. The molecule has 6 nitrogen and oxygen atoms in total. The Morgan fingerprint density at radius 2 is 1.92 bits per heavy atom. The summed E-state index contributed by atoms with van der Waals surface area (Å²) in [6.07, 6.45) is 1.79. The number of imidazole rings is 1. The number of fused-ring (bicyclic) bond motifs is 1. The van der Waals surface area contributed by atoms with Crippen LogP contribution in [0, 0.1) is 0 Å². The van der Waals surface area contributed by atoms with Gasteiger partial charge in [-0.25, -0.2) is 9.78 Å². The second kappa shape index (κ2) is 7.25. The molecule has 1 aromatic carbocycles. The summed E-state index contributed by atoms with van der Waals surface area (Å²) in [6, 6.07) is 13.4. The molecule has 0 saturated carbocycles. The molecule has 3 rings (SSSR count). The Morgan fingerprint density at radius 3 is 2.60 bits per heavy atom. The third-order valence-corrected chi connectivity index (χ3v) is 3.79. The van der Waals surface area contributed by atoms with Gasteiger partial charge in [0.25, 0.3) is 0 Å². The predicted octanol–water partition coefficient (Wildman–Crippen LogP) is 5.05. The fourth-order valence-corrected chi connectivity index (χ4v) is 2.45. The zero-order valence-electron chi connectivity index (χ0n) is 14.5. The molecule has 0 amide bonds. The number of nitrogens with zero attached hydrogens (tertiary/aromatic N) is 4. The van der Waals surface area contributed by atoms with Crippen LogP contribution in [-0.4, -0.2) is 22.0 Å². The summed E-state index contributed by atoms with van der Waals surface area (Å²) < 4.78 is 6.80. The Bertz CT molecular complexity index is 911. The van der Waals surface area contributed by atoms with Gasteiger partial charge in [-0.3, -0.25) is 4.40 Å². The zero-order valence-corrected chi connectivity index (χ0v) is 14.5. The number of ether oxygens (including phenoxy) is 1. The van der Waals surface area contributed by atoms with Gasteiger partial charge < -0.3 is 4.74 Å². The SMILES string of the molecule is CCOC(=O)c1nc2ccccn2c1N=Nc1ccc(C(C)C)cc1. The van der Waals surface area contributed by atoms with E-state index in [1.54, 1.807) is 23.6 Å². The third-order valence-electron chi connectivity index (χ3n) is 3.79. The molecule has 0 aliphatic heterocycles. The van der Waals surface area contributed by atoms with Gasteiger partial charge >= 0.3 is 5.97 Å². The topological polar surface area (TPSA) is 68.3 Å². The number of rotatable bonds is 5. The highest BCUT2D eigenvalue weighted by atomic mass is 16.5. The van der Waals surface area contributed by atoms with Crippen LogP contribution in [0.1, 0.15) is 42.7 Å². The van der Waals surface area contributed by atoms with Crippen molar-refractivity contribution in [1.82, 2.24) is 9.38 Å². The van der Waals surface area contributed by atoms with E-state index in [-0.39, 0.29) is 12.3 Å². The van der Waals surface area contributed by atoms with Crippen molar-refractivity contribution in [2.45, 2.75) is 26.7 Å². The number of esters is 1. The molecule has 0 spiro atoms. The van der Waals surface area contributed by atoms with Crippen molar-refractivity contribution < 1.29 is 9.53 Å². The zero-order chi connectivity index (χ0) is 17.8. The number of carbonyl (C=O) groups is 1. The van der Waals surface area contributed by atoms with Gasteiger partial charge in [-0.15, -0.1) is 10.2 Å². The van der Waals surface area contributed by atoms with Gasteiger partial charge in [-0.2, -0.15) is 0 Å². The Labute approximate surface area is 146 Å². The van der Waals surface area contributed by atoms with Gasteiger partial charge in [0.05, 0.1) is 12.3 Å². The van der Waals surface area contributed by atoms with E-state index < -0.39 is 5.97 Å². The summed E-state index contributed by atoms with van der Waals surface area (Å²) >= 11 is 0. The Hall–Kier alpha value is -3.02. The van der Waals surface area contributed by atoms with Crippen molar-refractivity contribution in [2.24, 2.45) is 10.2 Å². The fraction of sp³-hybridized carbons (Fsp3) is 0.263. The molecule has 2 heterocycles. The lowest BCUT2D eigenvalue weighted by atomic mass is 10.0. The van der Waals surface area contributed by atoms with Crippen molar-refractivity contribution in [3.8, 4) is 0 Å². The van der Waals surface area contributed by atoms with Crippen molar-refractivity contribution in [2.75, 3.05) is 6.61 Å². The maximum atomic E-state index is 12.2. The van der Waals surface area contributed by atoms with Crippen LogP contribution in [0.25, 0.3) is 5.65 Å². The van der Waals surface area contributed by atoms with Crippen molar-refractivity contribution in [3.63, 3.8) is 0 Å². The van der Waals surface area contributed by atoms with Crippen LogP contribution in [-0.2, 0) is 4.74 Å². The maximum Gasteiger partial charge on any atom is 0.360 e. The number of azo groups is 1. The molecule has 0 radical (unpaired) electrons. The Kier molecular flexibility index (Phi) is 4.88. The van der Waals surface area contributed by atoms with Gasteiger partial charge in [0.1, 0.15) is 5.65 Å². The van der Waals surface area contributed by atoms with Crippen molar-refractivity contribution >= 4 is 23.1 Å². The second-order valence-electron chi connectivity index (χ2n) is 5.88. The van der Waals surface area contributed by atoms with Gasteiger partial charge in [0.2, 0.25) is 0 Å². The molecular formula is C19H20N4O2. The highest BCUT2D eigenvalue weighted by Gasteiger charge is 2.20. The molecule has 0 atom stereocenters. The molecule has 0 bridgehead atoms. The average molecular weight is 336 g/mol. The van der Waals surface area contributed by atoms with Crippen LogP contribution in [0.15, 0.2) is 58.9 Å². The third kappa shape index (κ3) is 3.57. The van der Waals surface area contributed by atoms with Crippen LogP contribution in [0.5, 0.6) is 0 Å². The van der Waals surface area contributed by atoms with E-state index in [2.05, 4.69) is 29.1 Å². The minimum absolute atomic E-state index is 0.163. The summed E-state index contributed by atoms with van der Waals surface area (Å²) in [5.41, 5.74) is 2.73. The van der Waals surface area contributed by atoms with Crippen LogP contribution >= 0.6 is 0 Å². The van der Waals surface area contributed by atoms with Gasteiger partial charge in [0, 0.05) is 6.20 Å². The lowest BCUT2D eigenvalue weighted by Crippen LogP contribution is -2.05. The van der Waals surface area contributed by atoms with E-state index in [1.807, 2.05) is 36.4 Å². The summed E-state index contributed by atoms with van der Waals surface area (Å²) in [5, 5.41) is 8.53. The number of pyridine rings is 1. The van der Waals surface area contributed by atoms with E-state index in [1.165, 1.54) is 5.56 Å². The lowest BCUT2D eigenvalue weighted by Gasteiger charge is -2.04. The lowest BCUT2D eigenvalue weighted by molar-refractivity contribution is 0.0521. The molecule has 0 fully saturated rings. The second-order valence-corrected chi connectivity index (χ2v) is 5.88. The molecule has 0 aliphatic carbocycles. The van der Waals surface area contributed by atoms with Crippen molar-refractivity contribution in [3.05, 3.63) is 59.9 Å². The number of hydrogen-bond donors (Lipinski definition) is 0. The fourth-order valence-electron chi connectivity index (χ4n) is 2.45. The quantitative estimate of drug-likeness (QED) is 0.483. The Balaban J connectivity index is 1.99. The Morgan fingerprint density at radius 1 is 1.16 bits per heavy atom. The van der Waals surface area contributed by atoms with E-state index >= 15 is 0 Å². The minimum Gasteiger partial charge on any atom is -0.461 e. The molecule has 0 aliphatic rings. The largest absolute Gasteiger partial charge is 0.461 e. The molecular weight excluding hydrogens is 316 g/mol. The number of benzene rings is 1. The highest BCUT2D eigenvalue weighted by molar-refractivity contribution is 5.93. The van der Waals surface area contributed by atoms with Crippen LogP contribution < -0.4 is 0 Å². The summed E-state index contributed by atoms with van der Waals surface area (Å²) in [6.45, 7) is 6.31. The van der Waals surface area contributed by atoms with Crippen LogP contribution in [0.3, 0.4) is 0 Å². The standard InChI is InChI=1S/C19H20N4O2/c1-4-25-19(24)17-18(23-12-6-5-7-16(23)20-17)22-21-15-10-8-14(9-11-15)13(2)3/h5-13H,4H2,1-3H3. The highest BCUT2D eigenvalue weighted by Crippen LogP contribution is 2.25. The maximum absolute atomic E-state index is 12.2. The number of carbonyl (C=O) groups excluding carboxylic acids is 1. The molecule has 0 N–H and O–H groups in total. The van der Waals surface area contributed by atoms with Crippen LogP contribution in [0.2, 0.25) is 0 Å². The smallest absolute Gasteiger partial charge is 0.360 e. The monoisotopic (exact) mass is 336 g/mol. The molecule has 3 aromatic rings. The number of aromatic nitrogens is 2. The van der Waals surface area contributed by atoms with E-state index in [0.717, 1.165) is 0 Å². The minimum atomic E-state index is -0.504. The first-order chi connectivity index (χ1) is 12.1. The molecule has 128 valence electrons. The molecule has 0 saturated heterocycles. The molecule has 25 heavy (non-hydrogen) atoms. The summed E-state index contributed by atoms with van der Waals surface area (Å²) in [4.78, 5) is 16.5. The van der Waals surface area contributed by atoms with Gasteiger partial charge in [-0.1, -0.05) is 32.0 Å². The van der Waals surface area contributed by atoms with E-state index in [4.69, 9.17) is 4.74 Å². The number of hydrogen-bond acceptors (Lipinski definition) is 5. The summed E-state index contributed by atoms with van der Waals surface area (Å²) in [5.74, 6) is 0.317. The van der Waals surface area contributed by atoms with Crippen molar-refractivity contribution in [1.29, 1.82) is 0 Å². The van der Waals surface area contributed by atoms with E-state index in [9.17, 15) is 4.79 Å². The predicted molar refractivity (Wildman–Crippen MR) is 95.9 cm³/mol. The van der Waals surface area contributed by atoms with Crippen LogP contribution in [0.4, 0.5) is 11.5 Å². The summed E-state index contributed by atoms with van der Waals surface area (Å²) in [7, 11) is 0. The van der Waals surface area contributed by atoms with Gasteiger partial charge in [-0.05, 0) is 42.7 Å². The first-order valence-corrected chi connectivity index (χ1v) is 8.26. The van der Waals surface area contributed by atoms with E-state index in [0.29, 0.717) is 23.1 Å². The first kappa shape index (κ1) is 16.8. The molecule has 6 heteroatoms. The first-order valence-electron chi connectivity index (χ1n) is 8.26. The normalized spacial score (nSPS) is 11.5. The molecule has 0 unspecified atom stereocenters.